The molecule has 1 aliphatic rings. The van der Waals surface area contributed by atoms with Crippen molar-refractivity contribution in [3.05, 3.63) is 54.0 Å². The van der Waals surface area contributed by atoms with E-state index in [0.717, 1.165) is 12.8 Å². The summed E-state index contributed by atoms with van der Waals surface area (Å²) in [4.78, 5) is 36.9. The highest BCUT2D eigenvalue weighted by molar-refractivity contribution is 5.97. The number of methoxy groups -OCH3 is 2. The molecule has 0 unspecified atom stereocenters. The van der Waals surface area contributed by atoms with Gasteiger partial charge in [-0.05, 0) is 31.9 Å². The summed E-state index contributed by atoms with van der Waals surface area (Å²) in [6.45, 7) is 2.34. The number of piperidine rings is 1. The van der Waals surface area contributed by atoms with E-state index in [1.807, 2.05) is 6.92 Å². The molecule has 2 atom stereocenters. The lowest BCUT2D eigenvalue weighted by molar-refractivity contribution is 0.0371. The Morgan fingerprint density at radius 2 is 1.82 bits per heavy atom. The van der Waals surface area contributed by atoms with Gasteiger partial charge in [0.2, 0.25) is 11.8 Å². The van der Waals surface area contributed by atoms with Crippen LogP contribution in [0.2, 0.25) is 0 Å². The van der Waals surface area contributed by atoms with Crippen LogP contribution in [0.3, 0.4) is 0 Å². The van der Waals surface area contributed by atoms with Crippen LogP contribution in [0.5, 0.6) is 11.8 Å². The van der Waals surface area contributed by atoms with Crippen LogP contribution in [0.1, 0.15) is 40.5 Å². The van der Waals surface area contributed by atoms with Crippen LogP contribution in [0.25, 0.3) is 5.82 Å². The van der Waals surface area contributed by atoms with E-state index in [0.29, 0.717) is 29.4 Å². The number of ether oxygens (including phenoxy) is 3. The fourth-order valence-corrected chi connectivity index (χ4v) is 3.69. The predicted molar refractivity (Wildman–Crippen MR) is 115 cm³/mol. The number of hydrogen-bond acceptors (Lipinski definition) is 9. The maximum Gasteiger partial charge on any atom is 0.338 e. The van der Waals surface area contributed by atoms with E-state index < -0.39 is 5.97 Å². The average molecular weight is 452 g/mol. The zero-order valence-electron chi connectivity index (χ0n) is 18.5. The summed E-state index contributed by atoms with van der Waals surface area (Å²) < 4.78 is 16.0. The number of esters is 1. The molecular formula is C22H24N6O5. The standard InChI is InChI=1S/C22H24N6O5/c1-14-4-5-16(33-19-12-15(8-9-23-19)22(30)32-3)13-27(14)21(29)17-6-7-18(31-2)26-20(17)28-24-10-11-25-28/h6-12,14,16H,4-5,13H2,1-3H3/t14-,16-/m1/s1. The van der Waals surface area contributed by atoms with E-state index in [1.165, 1.54) is 43.7 Å². The van der Waals surface area contributed by atoms with Gasteiger partial charge in [-0.1, -0.05) is 0 Å². The molecule has 0 aromatic carbocycles. The molecule has 33 heavy (non-hydrogen) atoms. The SMILES string of the molecule is COC(=O)c1ccnc(O[C@@H]2CC[C@@H](C)N(C(=O)c3ccc(OC)nc3-n3nccn3)C2)c1. The number of aromatic nitrogens is 5. The third-order valence-corrected chi connectivity index (χ3v) is 5.44. The minimum atomic E-state index is -0.469. The molecule has 1 aliphatic heterocycles. The number of rotatable bonds is 6. The number of hydrogen-bond donors (Lipinski definition) is 0. The summed E-state index contributed by atoms with van der Waals surface area (Å²) in [5.41, 5.74) is 0.700. The van der Waals surface area contributed by atoms with E-state index >= 15 is 0 Å². The Bertz CT molecular complexity index is 1140. The molecule has 3 aromatic heterocycles. The molecule has 0 spiro atoms. The van der Waals surface area contributed by atoms with Crippen molar-refractivity contribution in [1.29, 1.82) is 0 Å². The van der Waals surface area contributed by atoms with Crippen molar-refractivity contribution in [1.82, 2.24) is 29.9 Å². The zero-order chi connectivity index (χ0) is 23.4. The van der Waals surface area contributed by atoms with Crippen molar-refractivity contribution in [2.75, 3.05) is 20.8 Å². The minimum Gasteiger partial charge on any atom is -0.481 e. The molecule has 0 saturated carbocycles. The molecule has 1 saturated heterocycles. The van der Waals surface area contributed by atoms with Gasteiger partial charge in [-0.25, -0.2) is 9.78 Å². The first-order chi connectivity index (χ1) is 16.0. The van der Waals surface area contributed by atoms with Gasteiger partial charge in [0.15, 0.2) is 5.82 Å². The zero-order valence-corrected chi connectivity index (χ0v) is 18.5. The lowest BCUT2D eigenvalue weighted by Gasteiger charge is -2.38. The second-order valence-electron chi connectivity index (χ2n) is 7.54. The summed E-state index contributed by atoms with van der Waals surface area (Å²) in [6.07, 6.45) is 5.71. The monoisotopic (exact) mass is 452 g/mol. The van der Waals surface area contributed by atoms with Crippen LogP contribution in [0.4, 0.5) is 0 Å². The van der Waals surface area contributed by atoms with Crippen LogP contribution in [0.15, 0.2) is 42.9 Å². The first kappa shape index (κ1) is 22.2. The van der Waals surface area contributed by atoms with Gasteiger partial charge in [-0.3, -0.25) is 4.79 Å². The Hall–Kier alpha value is -4.02. The lowest BCUT2D eigenvalue weighted by Crippen LogP contribution is -2.49. The van der Waals surface area contributed by atoms with Crippen molar-refractivity contribution in [2.45, 2.75) is 31.9 Å². The lowest BCUT2D eigenvalue weighted by atomic mass is 10.00. The third-order valence-electron chi connectivity index (χ3n) is 5.44. The second kappa shape index (κ2) is 9.63. The molecule has 0 aliphatic carbocycles. The van der Waals surface area contributed by atoms with Gasteiger partial charge < -0.3 is 19.1 Å². The molecule has 1 fully saturated rings. The van der Waals surface area contributed by atoms with Crippen LogP contribution in [-0.2, 0) is 4.74 Å². The Kier molecular flexibility index (Phi) is 6.48. The topological polar surface area (TPSA) is 122 Å². The number of likely N-dealkylation sites (tertiary alicyclic amines) is 1. The summed E-state index contributed by atoms with van der Waals surface area (Å²) in [5.74, 6) is 0.255. The van der Waals surface area contributed by atoms with E-state index in [9.17, 15) is 9.59 Å². The number of carbonyl (C=O) groups is 2. The third kappa shape index (κ3) is 4.76. The molecule has 4 rings (SSSR count). The van der Waals surface area contributed by atoms with E-state index in [2.05, 4.69) is 20.2 Å². The smallest absolute Gasteiger partial charge is 0.338 e. The minimum absolute atomic E-state index is 0.00718. The van der Waals surface area contributed by atoms with Crippen LogP contribution >= 0.6 is 0 Å². The van der Waals surface area contributed by atoms with Gasteiger partial charge >= 0.3 is 5.97 Å². The van der Waals surface area contributed by atoms with E-state index in [1.54, 1.807) is 23.1 Å². The fourth-order valence-electron chi connectivity index (χ4n) is 3.69. The highest BCUT2D eigenvalue weighted by atomic mass is 16.5. The van der Waals surface area contributed by atoms with Gasteiger partial charge in [0.05, 0.1) is 44.3 Å². The van der Waals surface area contributed by atoms with E-state index in [4.69, 9.17) is 14.2 Å². The molecule has 0 bridgehead atoms. The van der Waals surface area contributed by atoms with E-state index in [-0.39, 0.29) is 23.9 Å². The maximum absolute atomic E-state index is 13.5. The van der Waals surface area contributed by atoms with Crippen molar-refractivity contribution in [3.63, 3.8) is 0 Å². The number of carbonyl (C=O) groups excluding carboxylic acids is 2. The highest BCUT2D eigenvalue weighted by Gasteiger charge is 2.33. The number of pyridine rings is 2. The van der Waals surface area contributed by atoms with Crippen molar-refractivity contribution in [3.8, 4) is 17.6 Å². The quantitative estimate of drug-likeness (QED) is 0.516. The van der Waals surface area contributed by atoms with Gasteiger partial charge in [0.25, 0.3) is 5.91 Å². The predicted octanol–water partition coefficient (Wildman–Crippen LogP) is 1.92. The molecule has 11 nitrogen and oxygen atoms in total. The van der Waals surface area contributed by atoms with Crippen molar-refractivity contribution >= 4 is 11.9 Å². The molecule has 3 aromatic rings. The highest BCUT2D eigenvalue weighted by Crippen LogP contribution is 2.25. The fraction of sp³-hybridized carbons (Fsp3) is 0.364. The summed E-state index contributed by atoms with van der Waals surface area (Å²) in [5, 5.41) is 8.23. The molecule has 0 radical (unpaired) electrons. The summed E-state index contributed by atoms with van der Waals surface area (Å²) in [6, 6.07) is 6.37. The molecule has 4 heterocycles. The molecule has 0 N–H and O–H groups in total. The summed E-state index contributed by atoms with van der Waals surface area (Å²) in [7, 11) is 2.82. The Morgan fingerprint density at radius 1 is 1.03 bits per heavy atom. The first-order valence-electron chi connectivity index (χ1n) is 10.4. The Morgan fingerprint density at radius 3 is 2.55 bits per heavy atom. The van der Waals surface area contributed by atoms with Crippen LogP contribution < -0.4 is 9.47 Å². The molecular weight excluding hydrogens is 428 g/mol. The van der Waals surface area contributed by atoms with Crippen LogP contribution in [0, 0.1) is 0 Å². The first-order valence-corrected chi connectivity index (χ1v) is 10.4. The van der Waals surface area contributed by atoms with Gasteiger partial charge in [-0.2, -0.15) is 15.2 Å². The largest absolute Gasteiger partial charge is 0.481 e. The van der Waals surface area contributed by atoms with Crippen LogP contribution in [-0.4, -0.2) is 74.6 Å². The average Bonchev–Trinajstić information content (AvgIpc) is 3.39. The second-order valence-corrected chi connectivity index (χ2v) is 7.54. The Balaban J connectivity index is 1.56. The molecule has 172 valence electrons. The summed E-state index contributed by atoms with van der Waals surface area (Å²) >= 11 is 0. The van der Waals surface area contributed by atoms with Gasteiger partial charge in [-0.15, -0.1) is 4.80 Å². The maximum atomic E-state index is 13.5. The molecule has 1 amide bonds. The number of nitrogens with zero attached hydrogens (tertiary/aromatic N) is 6. The molecule has 11 heteroatoms. The van der Waals surface area contributed by atoms with Gasteiger partial charge in [0, 0.05) is 24.4 Å². The van der Waals surface area contributed by atoms with Crippen molar-refractivity contribution in [2.24, 2.45) is 0 Å². The Labute approximate surface area is 190 Å². The van der Waals surface area contributed by atoms with Crippen molar-refractivity contribution < 1.29 is 23.8 Å². The van der Waals surface area contributed by atoms with Gasteiger partial charge in [0.1, 0.15) is 6.10 Å². The normalized spacial score (nSPS) is 18.0. The number of amides is 1.